The van der Waals surface area contributed by atoms with E-state index in [2.05, 4.69) is 0 Å². The molecule has 0 unspecified atom stereocenters. The van der Waals surface area contributed by atoms with Crippen LogP contribution in [0.15, 0.2) is 30.3 Å². The SMILES string of the molecule is C[C@@H](N)CCOc1ccccc1.Cl. The molecule has 0 aromatic heterocycles. The van der Waals surface area contributed by atoms with Crippen LogP contribution in [-0.4, -0.2) is 12.6 Å². The molecule has 0 fully saturated rings. The summed E-state index contributed by atoms with van der Waals surface area (Å²) >= 11 is 0. The van der Waals surface area contributed by atoms with E-state index in [4.69, 9.17) is 10.5 Å². The Morgan fingerprint density at radius 2 is 1.92 bits per heavy atom. The average molecular weight is 202 g/mol. The summed E-state index contributed by atoms with van der Waals surface area (Å²) < 4.78 is 5.44. The average Bonchev–Trinajstić information content (AvgIpc) is 2.05. The Balaban J connectivity index is 0.00000144. The zero-order valence-electron chi connectivity index (χ0n) is 7.77. The van der Waals surface area contributed by atoms with Gasteiger partial charge in [0.25, 0.3) is 0 Å². The van der Waals surface area contributed by atoms with Crippen LogP contribution < -0.4 is 10.5 Å². The highest BCUT2D eigenvalue weighted by molar-refractivity contribution is 5.85. The maximum absolute atomic E-state index is 5.58. The van der Waals surface area contributed by atoms with Crippen molar-refractivity contribution in [2.75, 3.05) is 6.61 Å². The fourth-order valence-electron chi connectivity index (χ4n) is 0.879. The molecule has 2 N–H and O–H groups in total. The minimum Gasteiger partial charge on any atom is -0.494 e. The quantitative estimate of drug-likeness (QED) is 0.811. The van der Waals surface area contributed by atoms with Crippen LogP contribution in [0.1, 0.15) is 13.3 Å². The van der Waals surface area contributed by atoms with Crippen LogP contribution in [0.25, 0.3) is 0 Å². The number of para-hydroxylation sites is 1. The van der Waals surface area contributed by atoms with E-state index in [1.54, 1.807) is 0 Å². The maximum atomic E-state index is 5.58. The fraction of sp³-hybridized carbons (Fsp3) is 0.400. The minimum absolute atomic E-state index is 0. The van der Waals surface area contributed by atoms with Crippen LogP contribution in [0.3, 0.4) is 0 Å². The lowest BCUT2D eigenvalue weighted by Crippen LogP contribution is -2.18. The number of hydrogen-bond donors (Lipinski definition) is 1. The molecule has 13 heavy (non-hydrogen) atoms. The second kappa shape index (κ2) is 6.75. The Morgan fingerprint density at radius 1 is 1.31 bits per heavy atom. The van der Waals surface area contributed by atoms with E-state index in [-0.39, 0.29) is 18.4 Å². The fourth-order valence-corrected chi connectivity index (χ4v) is 0.879. The van der Waals surface area contributed by atoms with Gasteiger partial charge in [-0.2, -0.15) is 0 Å². The zero-order chi connectivity index (χ0) is 8.81. The lowest BCUT2D eigenvalue weighted by molar-refractivity contribution is 0.301. The van der Waals surface area contributed by atoms with Gasteiger partial charge < -0.3 is 10.5 Å². The number of nitrogens with two attached hydrogens (primary N) is 1. The van der Waals surface area contributed by atoms with Crippen molar-refractivity contribution in [1.29, 1.82) is 0 Å². The molecule has 2 nitrogen and oxygen atoms in total. The molecular formula is C10H16ClNO. The molecule has 0 saturated carbocycles. The molecule has 0 aliphatic carbocycles. The van der Waals surface area contributed by atoms with Gasteiger partial charge in [0, 0.05) is 6.04 Å². The molecule has 0 saturated heterocycles. The molecule has 0 heterocycles. The van der Waals surface area contributed by atoms with Crippen LogP contribution in [-0.2, 0) is 0 Å². The third kappa shape index (κ3) is 5.50. The van der Waals surface area contributed by atoms with E-state index in [0.29, 0.717) is 6.61 Å². The van der Waals surface area contributed by atoms with E-state index in [9.17, 15) is 0 Å². The molecule has 1 atom stereocenters. The maximum Gasteiger partial charge on any atom is 0.119 e. The van der Waals surface area contributed by atoms with Gasteiger partial charge in [-0.15, -0.1) is 12.4 Å². The Bertz CT molecular complexity index is 213. The highest BCUT2D eigenvalue weighted by atomic mass is 35.5. The summed E-state index contributed by atoms with van der Waals surface area (Å²) in [6.45, 7) is 2.68. The predicted octanol–water partition coefficient (Wildman–Crippen LogP) is 2.22. The molecule has 1 aromatic rings. The summed E-state index contributed by atoms with van der Waals surface area (Å²) in [6.07, 6.45) is 0.898. The van der Waals surface area contributed by atoms with Crippen molar-refractivity contribution in [2.45, 2.75) is 19.4 Å². The summed E-state index contributed by atoms with van der Waals surface area (Å²) in [5.74, 6) is 0.915. The lowest BCUT2D eigenvalue weighted by Gasteiger charge is -2.07. The summed E-state index contributed by atoms with van der Waals surface area (Å²) in [4.78, 5) is 0. The number of halogens is 1. The molecule has 0 spiro atoms. The molecule has 1 rings (SSSR count). The number of ether oxygens (including phenoxy) is 1. The lowest BCUT2D eigenvalue weighted by atomic mass is 10.3. The Hall–Kier alpha value is -0.730. The highest BCUT2D eigenvalue weighted by Crippen LogP contribution is 2.08. The predicted molar refractivity (Wildman–Crippen MR) is 57.5 cm³/mol. The minimum atomic E-state index is 0. The molecule has 0 amide bonds. The van der Waals surface area contributed by atoms with E-state index in [1.807, 2.05) is 37.3 Å². The molecule has 1 aromatic carbocycles. The van der Waals surface area contributed by atoms with Crippen molar-refractivity contribution in [3.63, 3.8) is 0 Å². The first-order chi connectivity index (χ1) is 5.79. The highest BCUT2D eigenvalue weighted by Gasteiger charge is 1.94. The van der Waals surface area contributed by atoms with Crippen molar-refractivity contribution in [3.8, 4) is 5.75 Å². The molecule has 0 aliphatic rings. The topological polar surface area (TPSA) is 35.2 Å². The van der Waals surface area contributed by atoms with Gasteiger partial charge in [0.05, 0.1) is 6.61 Å². The molecule has 0 radical (unpaired) electrons. The first-order valence-corrected chi connectivity index (χ1v) is 4.22. The molecule has 0 bridgehead atoms. The second-order valence-corrected chi connectivity index (χ2v) is 2.93. The van der Waals surface area contributed by atoms with E-state index in [1.165, 1.54) is 0 Å². The van der Waals surface area contributed by atoms with Crippen LogP contribution >= 0.6 is 12.4 Å². The third-order valence-electron chi connectivity index (χ3n) is 1.59. The van der Waals surface area contributed by atoms with Crippen molar-refractivity contribution in [3.05, 3.63) is 30.3 Å². The van der Waals surface area contributed by atoms with Crippen molar-refractivity contribution in [2.24, 2.45) is 5.73 Å². The van der Waals surface area contributed by atoms with Gasteiger partial charge in [-0.1, -0.05) is 18.2 Å². The van der Waals surface area contributed by atoms with Crippen LogP contribution in [0.4, 0.5) is 0 Å². The molecule has 0 aliphatic heterocycles. The van der Waals surface area contributed by atoms with Crippen molar-refractivity contribution < 1.29 is 4.74 Å². The van der Waals surface area contributed by atoms with Gasteiger partial charge in [-0.25, -0.2) is 0 Å². The molecular weight excluding hydrogens is 186 g/mol. The number of benzene rings is 1. The van der Waals surface area contributed by atoms with Gasteiger partial charge in [0.15, 0.2) is 0 Å². The van der Waals surface area contributed by atoms with E-state index < -0.39 is 0 Å². The van der Waals surface area contributed by atoms with Crippen LogP contribution in [0.2, 0.25) is 0 Å². The summed E-state index contributed by atoms with van der Waals surface area (Å²) in [7, 11) is 0. The second-order valence-electron chi connectivity index (χ2n) is 2.93. The summed E-state index contributed by atoms with van der Waals surface area (Å²) in [6, 6.07) is 10.00. The number of rotatable bonds is 4. The molecule has 74 valence electrons. The van der Waals surface area contributed by atoms with Gasteiger partial charge in [0.2, 0.25) is 0 Å². The van der Waals surface area contributed by atoms with Gasteiger partial charge >= 0.3 is 0 Å². The standard InChI is InChI=1S/C10H15NO.ClH/c1-9(11)7-8-12-10-5-3-2-4-6-10;/h2-6,9H,7-8,11H2,1H3;1H/t9-;/m1./s1. The van der Waals surface area contributed by atoms with Crippen LogP contribution in [0.5, 0.6) is 5.75 Å². The Kier molecular flexibility index (Phi) is 6.37. The van der Waals surface area contributed by atoms with Crippen LogP contribution in [0, 0.1) is 0 Å². The van der Waals surface area contributed by atoms with E-state index >= 15 is 0 Å². The Morgan fingerprint density at radius 3 is 2.46 bits per heavy atom. The zero-order valence-corrected chi connectivity index (χ0v) is 8.59. The van der Waals surface area contributed by atoms with Crippen molar-refractivity contribution in [1.82, 2.24) is 0 Å². The summed E-state index contributed by atoms with van der Waals surface area (Å²) in [5, 5.41) is 0. The van der Waals surface area contributed by atoms with Crippen molar-refractivity contribution >= 4 is 12.4 Å². The largest absolute Gasteiger partial charge is 0.494 e. The Labute approximate surface area is 85.5 Å². The monoisotopic (exact) mass is 201 g/mol. The normalized spacial score (nSPS) is 11.5. The third-order valence-corrected chi connectivity index (χ3v) is 1.59. The van der Waals surface area contributed by atoms with Gasteiger partial charge in [-0.3, -0.25) is 0 Å². The van der Waals surface area contributed by atoms with E-state index in [0.717, 1.165) is 12.2 Å². The summed E-state index contributed by atoms with van der Waals surface area (Å²) in [5.41, 5.74) is 5.58. The first kappa shape index (κ1) is 12.3. The van der Waals surface area contributed by atoms with Gasteiger partial charge in [-0.05, 0) is 25.5 Å². The first-order valence-electron chi connectivity index (χ1n) is 4.22. The smallest absolute Gasteiger partial charge is 0.119 e. The van der Waals surface area contributed by atoms with Gasteiger partial charge in [0.1, 0.15) is 5.75 Å². The molecule has 3 heteroatoms. The number of hydrogen-bond acceptors (Lipinski definition) is 2.